The van der Waals surface area contributed by atoms with Crippen LogP contribution in [0.2, 0.25) is 0 Å². The van der Waals surface area contributed by atoms with E-state index < -0.39 is 29.4 Å². The van der Waals surface area contributed by atoms with E-state index >= 15 is 4.39 Å². The molecule has 180 valence electrons. The molecular formula is C25H33FN2O5. The minimum absolute atomic E-state index is 0.163. The molecule has 0 N–H and O–H groups in total. The molecule has 1 fully saturated rings. The zero-order chi connectivity index (χ0) is 24.3. The number of likely N-dealkylation sites (tertiary alicyclic amines) is 1. The molecule has 3 rings (SSSR count). The van der Waals surface area contributed by atoms with Gasteiger partial charge in [-0.05, 0) is 63.6 Å². The number of nitrogens with zero attached hydrogens (tertiary/aromatic N) is 2. The number of halogens is 1. The lowest BCUT2D eigenvalue weighted by Crippen LogP contribution is -2.49. The average Bonchev–Trinajstić information content (AvgIpc) is 2.78. The number of pyridine rings is 1. The fourth-order valence-electron chi connectivity index (χ4n) is 4.74. The number of ether oxygens (including phenoxy) is 3. The van der Waals surface area contributed by atoms with Crippen molar-refractivity contribution >= 4 is 23.0 Å². The van der Waals surface area contributed by atoms with Gasteiger partial charge in [-0.25, -0.2) is 9.18 Å². The number of carbonyl (C=O) groups is 2. The number of fused-ring (bicyclic) bond motifs is 1. The first-order valence-electron chi connectivity index (χ1n) is 11.3. The molecule has 8 heteroatoms. The summed E-state index contributed by atoms with van der Waals surface area (Å²) in [5.41, 5.74) is 0.538. The van der Waals surface area contributed by atoms with Gasteiger partial charge in [0.15, 0.2) is 0 Å². The van der Waals surface area contributed by atoms with E-state index in [9.17, 15) is 9.59 Å². The van der Waals surface area contributed by atoms with Gasteiger partial charge in [-0.1, -0.05) is 6.92 Å². The van der Waals surface area contributed by atoms with Gasteiger partial charge in [0.1, 0.15) is 17.2 Å². The fraction of sp³-hybridized carbons (Fsp3) is 0.560. The van der Waals surface area contributed by atoms with E-state index in [1.54, 1.807) is 51.0 Å². The molecule has 1 aliphatic heterocycles. The molecule has 2 heterocycles. The number of hydrogen-bond acceptors (Lipinski definition) is 6. The molecule has 0 spiro atoms. The Bertz CT molecular complexity index is 1020. The van der Waals surface area contributed by atoms with Crippen LogP contribution in [0.3, 0.4) is 0 Å². The number of rotatable bonds is 5. The number of carbonyl (C=O) groups excluding carboxylic acids is 2. The number of benzene rings is 1. The highest BCUT2D eigenvalue weighted by atomic mass is 19.1. The van der Waals surface area contributed by atoms with Crippen LogP contribution in [0.1, 0.15) is 52.0 Å². The van der Waals surface area contributed by atoms with E-state index in [0.29, 0.717) is 41.6 Å². The molecule has 1 aliphatic rings. The Balaban J connectivity index is 2.00. The lowest BCUT2D eigenvalue weighted by atomic mass is 9.72. The number of esters is 1. The van der Waals surface area contributed by atoms with Gasteiger partial charge >= 0.3 is 12.1 Å². The Morgan fingerprint density at radius 2 is 2.00 bits per heavy atom. The first-order chi connectivity index (χ1) is 15.6. The van der Waals surface area contributed by atoms with Crippen molar-refractivity contribution < 1.29 is 28.2 Å². The van der Waals surface area contributed by atoms with Crippen LogP contribution in [0, 0.1) is 17.7 Å². The second kappa shape index (κ2) is 9.93. The van der Waals surface area contributed by atoms with Crippen molar-refractivity contribution in [3.05, 3.63) is 35.8 Å². The van der Waals surface area contributed by atoms with Crippen molar-refractivity contribution in [3.8, 4) is 5.75 Å². The van der Waals surface area contributed by atoms with Crippen molar-refractivity contribution in [2.24, 2.45) is 11.8 Å². The summed E-state index contributed by atoms with van der Waals surface area (Å²) in [6.45, 7) is 7.95. The minimum atomic E-state index is -0.640. The first-order valence-corrected chi connectivity index (χ1v) is 11.3. The molecule has 1 saturated heterocycles. The lowest BCUT2D eigenvalue weighted by Gasteiger charge is -2.41. The average molecular weight is 461 g/mol. The van der Waals surface area contributed by atoms with E-state index in [0.717, 1.165) is 0 Å². The molecule has 33 heavy (non-hydrogen) atoms. The van der Waals surface area contributed by atoms with Crippen molar-refractivity contribution in [1.29, 1.82) is 0 Å². The van der Waals surface area contributed by atoms with Crippen LogP contribution in [0.15, 0.2) is 24.4 Å². The van der Waals surface area contributed by atoms with E-state index in [2.05, 4.69) is 4.98 Å². The molecule has 0 radical (unpaired) electrons. The van der Waals surface area contributed by atoms with Gasteiger partial charge in [0.25, 0.3) is 0 Å². The van der Waals surface area contributed by atoms with Gasteiger partial charge < -0.3 is 19.1 Å². The Hall–Kier alpha value is -2.90. The fourth-order valence-corrected chi connectivity index (χ4v) is 4.74. The molecule has 1 aromatic heterocycles. The number of methoxy groups -OCH3 is 2. The number of hydrogen-bond donors (Lipinski definition) is 0. The van der Waals surface area contributed by atoms with Crippen LogP contribution < -0.4 is 4.74 Å². The quantitative estimate of drug-likeness (QED) is 0.589. The highest BCUT2D eigenvalue weighted by molar-refractivity contribution is 5.84. The second-order valence-corrected chi connectivity index (χ2v) is 9.43. The Labute approximate surface area is 194 Å². The summed E-state index contributed by atoms with van der Waals surface area (Å²) in [5.74, 6) is -1.31. The number of piperidine rings is 1. The van der Waals surface area contributed by atoms with Crippen molar-refractivity contribution in [2.75, 3.05) is 27.3 Å². The SMILES string of the molecule is CCC(c1c(F)cnc2ccc(OC)cc12)C1CCN(C(=O)OC(C)(C)C)CC1C(=O)OC. The summed E-state index contributed by atoms with van der Waals surface area (Å²) in [4.78, 5) is 31.2. The predicted octanol–water partition coefficient (Wildman–Crippen LogP) is 4.92. The van der Waals surface area contributed by atoms with Gasteiger partial charge in [0.05, 0.1) is 31.9 Å². The van der Waals surface area contributed by atoms with Crippen molar-refractivity contribution in [2.45, 2.75) is 52.1 Å². The molecule has 0 saturated carbocycles. The summed E-state index contributed by atoms with van der Waals surface area (Å²) in [6, 6.07) is 5.37. The monoisotopic (exact) mass is 460 g/mol. The summed E-state index contributed by atoms with van der Waals surface area (Å²) in [7, 11) is 2.89. The molecule has 1 aromatic carbocycles. The molecule has 3 atom stereocenters. The lowest BCUT2D eigenvalue weighted by molar-refractivity contribution is -0.150. The third-order valence-electron chi connectivity index (χ3n) is 6.22. The molecule has 1 amide bonds. The predicted molar refractivity (Wildman–Crippen MR) is 123 cm³/mol. The maximum absolute atomic E-state index is 15.2. The highest BCUT2D eigenvalue weighted by Crippen LogP contribution is 2.43. The minimum Gasteiger partial charge on any atom is -0.497 e. The topological polar surface area (TPSA) is 78.0 Å². The van der Waals surface area contributed by atoms with Crippen LogP contribution in [-0.4, -0.2) is 54.9 Å². The van der Waals surface area contributed by atoms with Crippen LogP contribution in [0.25, 0.3) is 10.9 Å². The Kier molecular flexibility index (Phi) is 7.44. The second-order valence-electron chi connectivity index (χ2n) is 9.43. The molecule has 0 aliphatic carbocycles. The van der Waals surface area contributed by atoms with Crippen molar-refractivity contribution in [3.63, 3.8) is 0 Å². The van der Waals surface area contributed by atoms with Gasteiger partial charge in [-0.3, -0.25) is 9.78 Å². The van der Waals surface area contributed by atoms with Crippen LogP contribution in [-0.2, 0) is 14.3 Å². The van der Waals surface area contributed by atoms with E-state index in [1.165, 1.54) is 13.3 Å². The normalized spacial score (nSPS) is 19.8. The highest BCUT2D eigenvalue weighted by Gasteiger charge is 2.42. The summed E-state index contributed by atoms with van der Waals surface area (Å²) in [6.07, 6.45) is 1.89. The van der Waals surface area contributed by atoms with Gasteiger partial charge in [-0.2, -0.15) is 0 Å². The first kappa shape index (κ1) is 24.7. The molecular weight excluding hydrogens is 427 g/mol. The summed E-state index contributed by atoms with van der Waals surface area (Å²) >= 11 is 0. The number of amides is 1. The Morgan fingerprint density at radius 1 is 1.27 bits per heavy atom. The van der Waals surface area contributed by atoms with Crippen LogP contribution >= 0.6 is 0 Å². The molecule has 3 unspecified atom stereocenters. The smallest absolute Gasteiger partial charge is 0.410 e. The molecule has 7 nitrogen and oxygen atoms in total. The van der Waals surface area contributed by atoms with Gasteiger partial charge in [0, 0.05) is 24.0 Å². The summed E-state index contributed by atoms with van der Waals surface area (Å²) < 4.78 is 31.2. The zero-order valence-electron chi connectivity index (χ0n) is 20.2. The standard InChI is InChI=1S/C25H33FN2O5/c1-7-16(22-18-12-15(31-5)8-9-21(18)27-13-20(22)26)17-10-11-28(14-19(17)23(29)32-6)24(30)33-25(2,3)4/h8-9,12-13,16-17,19H,7,10-11,14H2,1-6H3. The van der Waals surface area contributed by atoms with E-state index in [-0.39, 0.29) is 18.4 Å². The van der Waals surface area contributed by atoms with E-state index in [1.807, 2.05) is 6.92 Å². The Morgan fingerprint density at radius 3 is 2.61 bits per heavy atom. The maximum atomic E-state index is 15.2. The third kappa shape index (κ3) is 5.37. The third-order valence-corrected chi connectivity index (χ3v) is 6.22. The zero-order valence-corrected chi connectivity index (χ0v) is 20.2. The molecule has 0 bridgehead atoms. The van der Waals surface area contributed by atoms with Crippen LogP contribution in [0.4, 0.5) is 9.18 Å². The van der Waals surface area contributed by atoms with Crippen molar-refractivity contribution in [1.82, 2.24) is 9.88 Å². The largest absolute Gasteiger partial charge is 0.497 e. The maximum Gasteiger partial charge on any atom is 0.410 e. The van der Waals surface area contributed by atoms with Gasteiger partial charge in [-0.15, -0.1) is 0 Å². The van der Waals surface area contributed by atoms with Crippen LogP contribution in [0.5, 0.6) is 5.75 Å². The summed E-state index contributed by atoms with van der Waals surface area (Å²) in [5, 5.41) is 0.666. The van der Waals surface area contributed by atoms with E-state index in [4.69, 9.17) is 14.2 Å². The van der Waals surface area contributed by atoms with Gasteiger partial charge in [0.2, 0.25) is 0 Å². The number of aromatic nitrogens is 1. The molecule has 2 aromatic rings.